The molecule has 0 bridgehead atoms. The van der Waals surface area contributed by atoms with Crippen molar-refractivity contribution in [1.29, 1.82) is 0 Å². The molecule has 140 valence electrons. The monoisotopic (exact) mass is 354 g/mol. The average Bonchev–Trinajstić information content (AvgIpc) is 3.06. The molecule has 2 N–H and O–H groups in total. The van der Waals surface area contributed by atoms with Crippen LogP contribution in [0, 0.1) is 6.92 Å². The lowest BCUT2D eigenvalue weighted by Gasteiger charge is -2.25. The molecule has 1 aromatic heterocycles. The van der Waals surface area contributed by atoms with Gasteiger partial charge in [0, 0.05) is 32.0 Å². The van der Waals surface area contributed by atoms with E-state index in [2.05, 4.69) is 75.4 Å². The molecule has 3 rings (SSSR count). The summed E-state index contributed by atoms with van der Waals surface area (Å²) in [6, 6.07) is 9.02. The Bertz CT molecular complexity index is 744. The fourth-order valence-electron chi connectivity index (χ4n) is 3.16. The van der Waals surface area contributed by atoms with Crippen molar-refractivity contribution in [3.8, 4) is 0 Å². The molecule has 1 aromatic carbocycles. The van der Waals surface area contributed by atoms with Crippen molar-refractivity contribution in [1.82, 2.24) is 25.4 Å². The van der Waals surface area contributed by atoms with Crippen molar-refractivity contribution in [3.63, 3.8) is 0 Å². The van der Waals surface area contributed by atoms with E-state index in [1.54, 1.807) is 0 Å². The first-order valence-corrected chi connectivity index (χ1v) is 9.51. The van der Waals surface area contributed by atoms with Crippen LogP contribution in [-0.4, -0.2) is 40.4 Å². The number of hydrogen-bond donors (Lipinski definition) is 2. The molecule has 0 fully saturated rings. The fraction of sp³-hybridized carbons (Fsp3) is 0.550. The van der Waals surface area contributed by atoms with Crippen molar-refractivity contribution >= 4 is 5.96 Å². The third-order valence-electron chi connectivity index (χ3n) is 4.78. The van der Waals surface area contributed by atoms with Crippen LogP contribution in [0.2, 0.25) is 0 Å². The second kappa shape index (κ2) is 8.34. The summed E-state index contributed by atoms with van der Waals surface area (Å²) in [5.41, 5.74) is 2.63. The van der Waals surface area contributed by atoms with Gasteiger partial charge in [0.25, 0.3) is 0 Å². The number of guanidine groups is 1. The summed E-state index contributed by atoms with van der Waals surface area (Å²) in [6.07, 6.45) is 2.99. The predicted octanol–water partition coefficient (Wildman–Crippen LogP) is 2.43. The van der Waals surface area contributed by atoms with Crippen LogP contribution in [0.1, 0.15) is 49.0 Å². The van der Waals surface area contributed by atoms with Gasteiger partial charge >= 0.3 is 0 Å². The number of rotatable bonds is 5. The van der Waals surface area contributed by atoms with E-state index < -0.39 is 0 Å². The molecule has 0 saturated carbocycles. The zero-order valence-electron chi connectivity index (χ0n) is 16.3. The third kappa shape index (κ3) is 4.62. The fourth-order valence-corrected chi connectivity index (χ4v) is 3.16. The Morgan fingerprint density at radius 3 is 2.77 bits per heavy atom. The Balaban J connectivity index is 1.49. The SMILES string of the molecule is CN=C(NCCc1ccc(C)cc1)NC1CCc2nc(C(C)C)nn2C1. The van der Waals surface area contributed by atoms with Crippen LogP contribution >= 0.6 is 0 Å². The molecule has 1 aliphatic rings. The first-order valence-electron chi connectivity index (χ1n) is 9.51. The van der Waals surface area contributed by atoms with E-state index in [-0.39, 0.29) is 0 Å². The number of benzene rings is 1. The molecule has 2 aromatic rings. The quantitative estimate of drug-likeness (QED) is 0.639. The summed E-state index contributed by atoms with van der Waals surface area (Å²) in [4.78, 5) is 9.02. The maximum Gasteiger partial charge on any atom is 0.191 e. The Morgan fingerprint density at radius 2 is 2.08 bits per heavy atom. The smallest absolute Gasteiger partial charge is 0.191 e. The maximum absolute atomic E-state index is 4.65. The molecule has 26 heavy (non-hydrogen) atoms. The zero-order valence-corrected chi connectivity index (χ0v) is 16.3. The normalized spacial score (nSPS) is 17.3. The first kappa shape index (κ1) is 18.4. The van der Waals surface area contributed by atoms with E-state index in [9.17, 15) is 0 Å². The summed E-state index contributed by atoms with van der Waals surface area (Å²) in [5.74, 6) is 3.28. The van der Waals surface area contributed by atoms with Gasteiger partial charge in [-0.25, -0.2) is 9.67 Å². The molecule has 6 nitrogen and oxygen atoms in total. The van der Waals surface area contributed by atoms with E-state index in [1.807, 2.05) is 7.05 Å². The van der Waals surface area contributed by atoms with Gasteiger partial charge in [-0.2, -0.15) is 5.10 Å². The highest BCUT2D eigenvalue weighted by atomic mass is 15.4. The van der Waals surface area contributed by atoms with Gasteiger partial charge in [0.05, 0.1) is 6.54 Å². The number of nitrogens with one attached hydrogen (secondary N) is 2. The van der Waals surface area contributed by atoms with E-state index in [1.165, 1.54) is 11.1 Å². The van der Waals surface area contributed by atoms with Crippen LogP contribution in [0.25, 0.3) is 0 Å². The standard InChI is InChI=1S/C20H30N6/c1-14(2)19-24-18-10-9-17(13-26(18)25-19)23-20(21-4)22-12-11-16-7-5-15(3)6-8-16/h5-8,14,17H,9-13H2,1-4H3,(H2,21,22,23). The molecule has 1 unspecified atom stereocenters. The summed E-state index contributed by atoms with van der Waals surface area (Å²) in [7, 11) is 1.82. The number of hydrogen-bond acceptors (Lipinski definition) is 3. The Labute approximate surface area is 156 Å². The first-order chi connectivity index (χ1) is 12.5. The lowest BCUT2D eigenvalue weighted by Crippen LogP contribution is -2.47. The summed E-state index contributed by atoms with van der Waals surface area (Å²) >= 11 is 0. The summed E-state index contributed by atoms with van der Waals surface area (Å²) in [5, 5.41) is 11.6. The highest BCUT2D eigenvalue weighted by Crippen LogP contribution is 2.16. The Hall–Kier alpha value is -2.37. The van der Waals surface area contributed by atoms with Gasteiger partial charge in [0.15, 0.2) is 11.8 Å². The third-order valence-corrected chi connectivity index (χ3v) is 4.78. The van der Waals surface area contributed by atoms with Gasteiger partial charge in [0.1, 0.15) is 5.82 Å². The van der Waals surface area contributed by atoms with Crippen molar-refractivity contribution in [2.75, 3.05) is 13.6 Å². The number of aliphatic imine (C=N–C) groups is 1. The Morgan fingerprint density at radius 1 is 1.31 bits per heavy atom. The molecule has 6 heteroatoms. The summed E-state index contributed by atoms with van der Waals surface area (Å²) in [6.45, 7) is 8.09. The van der Waals surface area contributed by atoms with Crippen molar-refractivity contribution < 1.29 is 0 Å². The average molecular weight is 355 g/mol. The van der Waals surface area contributed by atoms with Crippen LogP contribution in [0.4, 0.5) is 0 Å². The van der Waals surface area contributed by atoms with E-state index in [4.69, 9.17) is 0 Å². The molecule has 2 heterocycles. The molecule has 1 atom stereocenters. The van der Waals surface area contributed by atoms with Gasteiger partial charge in [-0.3, -0.25) is 4.99 Å². The minimum atomic E-state index is 0.329. The molecular weight excluding hydrogens is 324 g/mol. The van der Waals surface area contributed by atoms with Gasteiger partial charge in [-0.15, -0.1) is 0 Å². The van der Waals surface area contributed by atoms with Gasteiger partial charge in [-0.05, 0) is 25.3 Å². The highest BCUT2D eigenvalue weighted by molar-refractivity contribution is 5.79. The number of nitrogens with zero attached hydrogens (tertiary/aromatic N) is 4. The van der Waals surface area contributed by atoms with Crippen LogP contribution < -0.4 is 10.6 Å². The molecule has 0 amide bonds. The predicted molar refractivity (Wildman–Crippen MR) is 106 cm³/mol. The lowest BCUT2D eigenvalue weighted by molar-refractivity contribution is 0.391. The van der Waals surface area contributed by atoms with E-state index >= 15 is 0 Å². The topological polar surface area (TPSA) is 67.1 Å². The van der Waals surface area contributed by atoms with Gasteiger partial charge < -0.3 is 10.6 Å². The molecule has 1 aliphatic heterocycles. The van der Waals surface area contributed by atoms with Gasteiger partial charge in [-0.1, -0.05) is 43.7 Å². The minimum absolute atomic E-state index is 0.329. The second-order valence-electron chi connectivity index (χ2n) is 7.34. The minimum Gasteiger partial charge on any atom is -0.356 e. The lowest BCUT2D eigenvalue weighted by atomic mass is 10.1. The molecule has 0 aliphatic carbocycles. The zero-order chi connectivity index (χ0) is 18.5. The van der Waals surface area contributed by atoms with Crippen LogP contribution in [-0.2, 0) is 19.4 Å². The summed E-state index contributed by atoms with van der Waals surface area (Å²) < 4.78 is 2.05. The number of fused-ring (bicyclic) bond motifs is 1. The maximum atomic E-state index is 4.65. The highest BCUT2D eigenvalue weighted by Gasteiger charge is 2.23. The molecule has 0 saturated heterocycles. The molecular formula is C20H30N6. The van der Waals surface area contributed by atoms with Gasteiger partial charge in [0.2, 0.25) is 0 Å². The number of aromatic nitrogens is 3. The Kier molecular flexibility index (Phi) is 5.91. The second-order valence-corrected chi connectivity index (χ2v) is 7.34. The molecule has 0 spiro atoms. The van der Waals surface area contributed by atoms with E-state index in [0.29, 0.717) is 12.0 Å². The largest absolute Gasteiger partial charge is 0.356 e. The van der Waals surface area contributed by atoms with Crippen molar-refractivity contribution in [3.05, 3.63) is 47.0 Å². The molecule has 0 radical (unpaired) electrons. The number of aryl methyl sites for hydroxylation is 2. The van der Waals surface area contributed by atoms with Crippen molar-refractivity contribution in [2.45, 2.75) is 58.5 Å². The van der Waals surface area contributed by atoms with Crippen LogP contribution in [0.15, 0.2) is 29.3 Å². The van der Waals surface area contributed by atoms with Crippen LogP contribution in [0.3, 0.4) is 0 Å². The van der Waals surface area contributed by atoms with Crippen LogP contribution in [0.5, 0.6) is 0 Å². The van der Waals surface area contributed by atoms with Crippen molar-refractivity contribution in [2.24, 2.45) is 4.99 Å². The van der Waals surface area contributed by atoms with E-state index in [0.717, 1.165) is 50.0 Å².